The molecular weight excluding hydrogens is 206 g/mol. The third kappa shape index (κ3) is 4.25. The number of nitrogens with zero attached hydrogens (tertiary/aromatic N) is 2. The van der Waals surface area contributed by atoms with Gasteiger partial charge in [0.15, 0.2) is 5.82 Å². The first-order valence-electron chi connectivity index (χ1n) is 5.29. The lowest BCUT2D eigenvalue weighted by Crippen LogP contribution is -2.20. The van der Waals surface area contributed by atoms with Gasteiger partial charge in [-0.3, -0.25) is 10.3 Å². The maximum absolute atomic E-state index is 11.3. The molecule has 5 heteroatoms. The molecule has 16 heavy (non-hydrogen) atoms. The molecule has 0 spiro atoms. The summed E-state index contributed by atoms with van der Waals surface area (Å²) in [6.07, 6.45) is 4.02. The lowest BCUT2D eigenvalue weighted by Gasteiger charge is -2.15. The van der Waals surface area contributed by atoms with Crippen LogP contribution in [0, 0.1) is 11.8 Å². The highest BCUT2D eigenvalue weighted by Crippen LogP contribution is 2.10. The Morgan fingerprint density at radius 1 is 1.44 bits per heavy atom. The highest BCUT2D eigenvalue weighted by atomic mass is 16.5. The Bertz CT molecular complexity index is 327. The number of nitrogens with one attached hydrogen (secondary N) is 1. The molecule has 1 rings (SSSR count). The molecule has 0 unspecified atom stereocenters. The summed E-state index contributed by atoms with van der Waals surface area (Å²) in [4.78, 5) is 19.1. The van der Waals surface area contributed by atoms with Crippen LogP contribution in [0.2, 0.25) is 0 Å². The van der Waals surface area contributed by atoms with Crippen LogP contribution in [0.15, 0.2) is 18.6 Å². The quantitative estimate of drug-likeness (QED) is 0.850. The Morgan fingerprint density at radius 2 is 2.19 bits per heavy atom. The average Bonchev–Trinajstić information content (AvgIpc) is 2.27. The molecule has 1 atom stereocenters. The molecule has 1 aromatic rings. The van der Waals surface area contributed by atoms with E-state index in [0.717, 1.165) is 0 Å². The zero-order chi connectivity index (χ0) is 12.0. The van der Waals surface area contributed by atoms with Crippen molar-refractivity contribution in [2.45, 2.75) is 20.8 Å². The van der Waals surface area contributed by atoms with Crippen molar-refractivity contribution in [3.63, 3.8) is 0 Å². The van der Waals surface area contributed by atoms with Gasteiger partial charge in [-0.25, -0.2) is 9.78 Å². The molecule has 0 aliphatic heterocycles. The standard InChI is InChI=1S/C11H17N3O2/c1-8(2)9(3)7-16-11(15)14-10-6-12-4-5-13-10/h4-6,8-9H,7H2,1-3H3,(H,13,14,15)/t9-/m0/s1. The van der Waals surface area contributed by atoms with Crippen LogP contribution in [-0.4, -0.2) is 22.7 Å². The van der Waals surface area contributed by atoms with Gasteiger partial charge in [0, 0.05) is 12.4 Å². The van der Waals surface area contributed by atoms with E-state index in [0.29, 0.717) is 24.3 Å². The predicted octanol–water partition coefficient (Wildman–Crippen LogP) is 2.32. The van der Waals surface area contributed by atoms with Gasteiger partial charge in [-0.1, -0.05) is 20.8 Å². The van der Waals surface area contributed by atoms with Crippen LogP contribution in [-0.2, 0) is 4.74 Å². The van der Waals surface area contributed by atoms with Crippen LogP contribution >= 0.6 is 0 Å². The van der Waals surface area contributed by atoms with E-state index in [1.165, 1.54) is 18.6 Å². The Morgan fingerprint density at radius 3 is 2.75 bits per heavy atom. The lowest BCUT2D eigenvalue weighted by molar-refractivity contribution is 0.133. The third-order valence-corrected chi connectivity index (χ3v) is 2.41. The van der Waals surface area contributed by atoms with Crippen molar-refractivity contribution in [3.05, 3.63) is 18.6 Å². The first kappa shape index (κ1) is 12.4. The van der Waals surface area contributed by atoms with E-state index in [9.17, 15) is 4.79 Å². The first-order chi connectivity index (χ1) is 7.59. The molecule has 0 aliphatic carbocycles. The van der Waals surface area contributed by atoms with Crippen molar-refractivity contribution < 1.29 is 9.53 Å². The second-order valence-corrected chi connectivity index (χ2v) is 4.04. The number of carbonyl (C=O) groups excluding carboxylic acids is 1. The van der Waals surface area contributed by atoms with Gasteiger partial charge in [0.2, 0.25) is 0 Å². The van der Waals surface area contributed by atoms with Crippen LogP contribution in [0.25, 0.3) is 0 Å². The number of carbonyl (C=O) groups is 1. The number of rotatable bonds is 4. The molecule has 0 saturated carbocycles. The number of ether oxygens (including phenoxy) is 1. The molecule has 0 aliphatic rings. The number of hydrogen-bond donors (Lipinski definition) is 1. The predicted molar refractivity (Wildman–Crippen MR) is 61.0 cm³/mol. The minimum Gasteiger partial charge on any atom is -0.449 e. The Labute approximate surface area is 95.3 Å². The Kier molecular flexibility index (Phi) is 4.69. The molecule has 0 bridgehead atoms. The van der Waals surface area contributed by atoms with E-state index in [4.69, 9.17) is 4.74 Å². The van der Waals surface area contributed by atoms with Gasteiger partial charge in [0.1, 0.15) is 0 Å². The van der Waals surface area contributed by atoms with Gasteiger partial charge >= 0.3 is 6.09 Å². The minimum atomic E-state index is -0.493. The van der Waals surface area contributed by atoms with E-state index < -0.39 is 6.09 Å². The summed E-state index contributed by atoms with van der Waals surface area (Å²) >= 11 is 0. The van der Waals surface area contributed by atoms with E-state index in [-0.39, 0.29) is 0 Å². The molecule has 1 N–H and O–H groups in total. The monoisotopic (exact) mass is 223 g/mol. The van der Waals surface area contributed by atoms with Gasteiger partial charge in [0.25, 0.3) is 0 Å². The number of hydrogen-bond acceptors (Lipinski definition) is 4. The summed E-state index contributed by atoms with van der Waals surface area (Å²) in [6.45, 7) is 6.63. The lowest BCUT2D eigenvalue weighted by atomic mass is 10.00. The van der Waals surface area contributed by atoms with Gasteiger partial charge < -0.3 is 4.74 Å². The molecule has 88 valence electrons. The molecule has 0 fully saturated rings. The first-order valence-corrected chi connectivity index (χ1v) is 5.29. The summed E-state index contributed by atoms with van der Waals surface area (Å²) in [5.41, 5.74) is 0. The Balaban J connectivity index is 2.32. The van der Waals surface area contributed by atoms with Crippen molar-refractivity contribution >= 4 is 11.9 Å². The highest BCUT2D eigenvalue weighted by molar-refractivity contribution is 5.82. The van der Waals surface area contributed by atoms with Crippen LogP contribution < -0.4 is 5.32 Å². The van der Waals surface area contributed by atoms with E-state index in [1.807, 2.05) is 6.92 Å². The number of anilines is 1. The molecule has 1 aromatic heterocycles. The van der Waals surface area contributed by atoms with Gasteiger partial charge in [-0.05, 0) is 11.8 Å². The molecule has 0 radical (unpaired) electrons. The fourth-order valence-electron chi connectivity index (χ4n) is 0.904. The van der Waals surface area contributed by atoms with E-state index in [1.54, 1.807) is 0 Å². The third-order valence-electron chi connectivity index (χ3n) is 2.41. The molecule has 5 nitrogen and oxygen atoms in total. The number of amides is 1. The topological polar surface area (TPSA) is 64.1 Å². The zero-order valence-electron chi connectivity index (χ0n) is 9.80. The summed E-state index contributed by atoms with van der Waals surface area (Å²) < 4.78 is 5.05. The number of aromatic nitrogens is 2. The Hall–Kier alpha value is -1.65. The summed E-state index contributed by atoms with van der Waals surface area (Å²) in [5, 5.41) is 2.50. The molecule has 1 amide bonds. The zero-order valence-corrected chi connectivity index (χ0v) is 9.80. The van der Waals surface area contributed by atoms with Crippen molar-refractivity contribution in [2.24, 2.45) is 11.8 Å². The van der Waals surface area contributed by atoms with E-state index >= 15 is 0 Å². The minimum absolute atomic E-state index is 0.340. The highest BCUT2D eigenvalue weighted by Gasteiger charge is 2.10. The molecule has 0 saturated heterocycles. The van der Waals surface area contributed by atoms with Gasteiger partial charge in [0.05, 0.1) is 12.8 Å². The SMILES string of the molecule is CC(C)[C@@H](C)COC(=O)Nc1cnccn1. The van der Waals surface area contributed by atoms with Crippen LogP contribution in [0.5, 0.6) is 0 Å². The average molecular weight is 223 g/mol. The fourth-order valence-corrected chi connectivity index (χ4v) is 0.904. The van der Waals surface area contributed by atoms with Gasteiger partial charge in [-0.2, -0.15) is 0 Å². The second-order valence-electron chi connectivity index (χ2n) is 4.04. The van der Waals surface area contributed by atoms with Crippen LogP contribution in [0.1, 0.15) is 20.8 Å². The fraction of sp³-hybridized carbons (Fsp3) is 0.545. The van der Waals surface area contributed by atoms with Crippen LogP contribution in [0.4, 0.5) is 10.6 Å². The summed E-state index contributed by atoms with van der Waals surface area (Å²) in [5.74, 6) is 1.22. The maximum atomic E-state index is 11.3. The summed E-state index contributed by atoms with van der Waals surface area (Å²) in [6, 6.07) is 0. The molecular formula is C11H17N3O2. The van der Waals surface area contributed by atoms with Crippen molar-refractivity contribution in [3.8, 4) is 0 Å². The summed E-state index contributed by atoms with van der Waals surface area (Å²) in [7, 11) is 0. The smallest absolute Gasteiger partial charge is 0.412 e. The van der Waals surface area contributed by atoms with Crippen molar-refractivity contribution in [2.75, 3.05) is 11.9 Å². The maximum Gasteiger partial charge on any atom is 0.412 e. The molecule has 0 aromatic carbocycles. The second kappa shape index (κ2) is 6.05. The van der Waals surface area contributed by atoms with Crippen LogP contribution in [0.3, 0.4) is 0 Å². The van der Waals surface area contributed by atoms with Crippen molar-refractivity contribution in [1.82, 2.24) is 9.97 Å². The van der Waals surface area contributed by atoms with Gasteiger partial charge in [-0.15, -0.1) is 0 Å². The molecule has 1 heterocycles. The normalized spacial score (nSPS) is 12.2. The van der Waals surface area contributed by atoms with E-state index in [2.05, 4.69) is 29.1 Å². The van der Waals surface area contributed by atoms with Crippen molar-refractivity contribution in [1.29, 1.82) is 0 Å². The largest absolute Gasteiger partial charge is 0.449 e.